The van der Waals surface area contributed by atoms with Crippen molar-refractivity contribution >= 4 is 11.5 Å². The van der Waals surface area contributed by atoms with E-state index >= 15 is 0 Å². The zero-order chi connectivity index (χ0) is 21.1. The van der Waals surface area contributed by atoms with Crippen LogP contribution < -0.4 is 0 Å². The van der Waals surface area contributed by atoms with Crippen LogP contribution in [0, 0.1) is 38.7 Å². The van der Waals surface area contributed by atoms with Crippen molar-refractivity contribution in [3.8, 4) is 0 Å². The fourth-order valence-electron chi connectivity index (χ4n) is 7.30. The molecule has 0 aromatic carbocycles. The Morgan fingerprint density at radius 3 is 2.77 bits per heavy atom. The molecule has 30 heavy (non-hydrogen) atoms. The van der Waals surface area contributed by atoms with E-state index in [1.54, 1.807) is 12.5 Å². The average molecular weight is 409 g/mol. The van der Waals surface area contributed by atoms with E-state index in [9.17, 15) is 10.1 Å². The van der Waals surface area contributed by atoms with E-state index in [-0.39, 0.29) is 22.7 Å². The van der Waals surface area contributed by atoms with Crippen LogP contribution in [0.15, 0.2) is 35.4 Å². The third-order valence-electron chi connectivity index (χ3n) is 8.87. The maximum atomic E-state index is 11.1. The van der Waals surface area contributed by atoms with Crippen molar-refractivity contribution in [2.45, 2.75) is 64.8 Å². The first-order chi connectivity index (χ1) is 14.4. The first-order valence-corrected chi connectivity index (χ1v) is 11.0. The van der Waals surface area contributed by atoms with E-state index in [0.29, 0.717) is 17.8 Å². The van der Waals surface area contributed by atoms with Crippen LogP contribution in [-0.4, -0.2) is 20.5 Å². The molecule has 0 spiro atoms. The van der Waals surface area contributed by atoms with Gasteiger partial charge in [-0.2, -0.15) is 0 Å². The molecule has 8 heteroatoms. The van der Waals surface area contributed by atoms with Gasteiger partial charge in [-0.15, -0.1) is 0 Å². The second-order valence-corrected chi connectivity index (χ2v) is 10.0. The Labute approximate surface area is 175 Å². The molecule has 0 amide bonds. The lowest BCUT2D eigenvalue weighted by Crippen LogP contribution is -2.49. The molecule has 5 rings (SSSR count). The molecule has 0 saturated heterocycles. The molecule has 158 valence electrons. The van der Waals surface area contributed by atoms with Crippen molar-refractivity contribution in [3.05, 3.63) is 50.8 Å². The monoisotopic (exact) mass is 408 g/mol. The van der Waals surface area contributed by atoms with Gasteiger partial charge in [-0.05, 0) is 83.6 Å². The van der Waals surface area contributed by atoms with Crippen LogP contribution in [-0.2, 0) is 0 Å². The molecule has 0 aliphatic heterocycles. The predicted octanol–water partition coefficient (Wildman–Crippen LogP) is 5.88. The molecular formula is C22H28N6O2. The quantitative estimate of drug-likeness (QED) is 0.155. The molecule has 8 nitrogen and oxygen atoms in total. The van der Waals surface area contributed by atoms with Crippen LogP contribution in [0.5, 0.6) is 0 Å². The normalized spacial score (nSPS) is 39.7. The number of aromatic nitrogens is 2. The number of nitro groups is 1. The lowest BCUT2D eigenvalue weighted by molar-refractivity contribution is -0.389. The minimum atomic E-state index is -0.427. The Balaban J connectivity index is 1.43. The number of nitrogens with zero attached hydrogens (tertiary/aromatic N) is 6. The van der Waals surface area contributed by atoms with Crippen LogP contribution >= 0.6 is 0 Å². The summed E-state index contributed by atoms with van der Waals surface area (Å²) < 4.78 is 1.88. The fraction of sp³-hybridized carbons (Fsp3) is 0.682. The van der Waals surface area contributed by atoms with Gasteiger partial charge in [0.2, 0.25) is 6.33 Å². The van der Waals surface area contributed by atoms with Crippen molar-refractivity contribution in [1.82, 2.24) is 9.55 Å². The van der Waals surface area contributed by atoms with Gasteiger partial charge >= 0.3 is 5.82 Å². The molecule has 0 bridgehead atoms. The van der Waals surface area contributed by atoms with E-state index in [4.69, 9.17) is 5.53 Å². The smallest absolute Gasteiger partial charge is 0.358 e. The van der Waals surface area contributed by atoms with Crippen molar-refractivity contribution < 1.29 is 4.92 Å². The van der Waals surface area contributed by atoms with Crippen LogP contribution in [0.4, 0.5) is 5.82 Å². The molecular weight excluding hydrogens is 380 g/mol. The van der Waals surface area contributed by atoms with E-state index in [0.717, 1.165) is 38.5 Å². The Bertz CT molecular complexity index is 1010. The zero-order valence-electron chi connectivity index (χ0n) is 17.6. The first kappa shape index (κ1) is 19.4. The van der Waals surface area contributed by atoms with E-state index in [1.807, 2.05) is 4.57 Å². The fourth-order valence-corrected chi connectivity index (χ4v) is 7.30. The number of rotatable bonds is 3. The summed E-state index contributed by atoms with van der Waals surface area (Å²) in [6, 6.07) is 0.108. The molecule has 2 fully saturated rings. The van der Waals surface area contributed by atoms with Gasteiger partial charge in [0.1, 0.15) is 6.20 Å². The summed E-state index contributed by atoms with van der Waals surface area (Å²) in [7, 11) is 0. The van der Waals surface area contributed by atoms with Gasteiger partial charge in [0.15, 0.2) is 0 Å². The summed E-state index contributed by atoms with van der Waals surface area (Å²) in [5.74, 6) is 1.75. The summed E-state index contributed by atoms with van der Waals surface area (Å²) in [5.41, 5.74) is 11.8. The summed E-state index contributed by atoms with van der Waals surface area (Å²) >= 11 is 0. The van der Waals surface area contributed by atoms with Crippen molar-refractivity contribution in [1.29, 1.82) is 0 Å². The van der Waals surface area contributed by atoms with Crippen molar-refractivity contribution in [2.75, 3.05) is 0 Å². The third-order valence-corrected chi connectivity index (χ3v) is 8.87. The van der Waals surface area contributed by atoms with Crippen LogP contribution in [0.2, 0.25) is 0 Å². The minimum absolute atomic E-state index is 0.0275. The van der Waals surface area contributed by atoms with Crippen molar-refractivity contribution in [3.63, 3.8) is 0 Å². The number of allylic oxidation sites excluding steroid dienone is 3. The van der Waals surface area contributed by atoms with E-state index in [2.05, 4.69) is 41.0 Å². The number of fused-ring (bicyclic) bond motifs is 5. The summed E-state index contributed by atoms with van der Waals surface area (Å²) in [5, 5.41) is 15.1. The van der Waals surface area contributed by atoms with Crippen LogP contribution in [0.1, 0.15) is 58.8 Å². The topological polar surface area (TPSA) is 110 Å². The summed E-state index contributed by atoms with van der Waals surface area (Å²) in [4.78, 5) is 17.7. The number of azide groups is 1. The highest BCUT2D eigenvalue weighted by atomic mass is 16.6. The minimum Gasteiger partial charge on any atom is -0.358 e. The highest BCUT2D eigenvalue weighted by molar-refractivity contribution is 5.57. The number of hydrogen-bond acceptors (Lipinski definition) is 4. The first-order valence-electron chi connectivity index (χ1n) is 11.0. The van der Waals surface area contributed by atoms with Crippen LogP contribution in [0.3, 0.4) is 0 Å². The molecule has 4 aliphatic carbocycles. The van der Waals surface area contributed by atoms with Gasteiger partial charge in [-0.3, -0.25) is 4.57 Å². The summed E-state index contributed by atoms with van der Waals surface area (Å²) in [6.45, 7) is 4.78. The van der Waals surface area contributed by atoms with Gasteiger partial charge in [0, 0.05) is 22.1 Å². The van der Waals surface area contributed by atoms with Crippen molar-refractivity contribution in [2.24, 2.45) is 33.7 Å². The highest BCUT2D eigenvalue weighted by Crippen LogP contribution is 2.65. The predicted molar refractivity (Wildman–Crippen MR) is 113 cm³/mol. The highest BCUT2D eigenvalue weighted by Gasteiger charge is 2.57. The van der Waals surface area contributed by atoms with Gasteiger partial charge in [-0.1, -0.05) is 36.7 Å². The van der Waals surface area contributed by atoms with Gasteiger partial charge in [-0.25, -0.2) is 0 Å². The maximum Gasteiger partial charge on any atom is 0.381 e. The lowest BCUT2D eigenvalue weighted by Gasteiger charge is -2.57. The molecule has 4 aliphatic rings. The average Bonchev–Trinajstić information content (AvgIpc) is 3.32. The molecule has 1 aromatic rings. The standard InChI is InChI=1S/C22H28N6O2/c1-21-9-7-15(25-26-23)11-14(21)3-4-16-17-5-6-19(22(17,2)10-8-18(16)21)27-12-20(24-13-27)28(29)30/h3,6,12-13,15-18H,4-5,7-11H2,1-2H3/t15-,16?,17?,18?,21-,22-/m0/s1. The number of imidazole rings is 1. The Morgan fingerprint density at radius 1 is 1.23 bits per heavy atom. The number of hydrogen-bond donors (Lipinski definition) is 0. The van der Waals surface area contributed by atoms with Gasteiger partial charge in [0.25, 0.3) is 0 Å². The molecule has 3 unspecified atom stereocenters. The van der Waals surface area contributed by atoms with Gasteiger partial charge in [0.05, 0.1) is 0 Å². The molecule has 2 saturated carbocycles. The largest absolute Gasteiger partial charge is 0.381 e. The second kappa shape index (κ2) is 6.71. The Hall–Kier alpha value is -2.60. The Morgan fingerprint density at radius 2 is 2.03 bits per heavy atom. The molecule has 1 heterocycles. The summed E-state index contributed by atoms with van der Waals surface area (Å²) in [6.07, 6.45) is 15.3. The molecule has 0 radical (unpaired) electrons. The zero-order valence-corrected chi connectivity index (χ0v) is 17.6. The molecule has 6 atom stereocenters. The van der Waals surface area contributed by atoms with Crippen LogP contribution in [0.25, 0.3) is 16.1 Å². The third kappa shape index (κ3) is 2.66. The maximum absolute atomic E-state index is 11.1. The van der Waals surface area contributed by atoms with E-state index < -0.39 is 4.92 Å². The lowest BCUT2D eigenvalue weighted by atomic mass is 9.47. The van der Waals surface area contributed by atoms with E-state index in [1.165, 1.54) is 17.7 Å². The molecule has 1 aromatic heterocycles. The Kier molecular flexibility index (Phi) is 4.33. The SMILES string of the molecule is C[C@]12CC[C@H](N=[N+]=[N-])CC1=CCC1C2CC[C@]2(C)C(n3cnc([N+](=O)[O-])c3)=CCC12. The van der Waals surface area contributed by atoms with Gasteiger partial charge < -0.3 is 10.1 Å². The second-order valence-electron chi connectivity index (χ2n) is 10.0. The molecule has 0 N–H and O–H groups in total.